The molecule has 2 heterocycles. The smallest absolute Gasteiger partial charge is 0.351 e. The Morgan fingerprint density at radius 1 is 1.12 bits per heavy atom. The summed E-state index contributed by atoms with van der Waals surface area (Å²) in [6, 6.07) is 10.6. The van der Waals surface area contributed by atoms with Crippen molar-refractivity contribution in [3.05, 3.63) is 70.3 Å². The Balaban J connectivity index is 1.85. The van der Waals surface area contributed by atoms with Gasteiger partial charge in [-0.2, -0.15) is 0 Å². The number of aromatic nitrogens is 1. The highest BCUT2D eigenvalue weighted by Crippen LogP contribution is 2.22. The summed E-state index contributed by atoms with van der Waals surface area (Å²) < 4.78 is 10.6. The van der Waals surface area contributed by atoms with Gasteiger partial charge in [0.05, 0.1) is 0 Å². The predicted molar refractivity (Wildman–Crippen MR) is 99.4 cm³/mol. The predicted octanol–water partition coefficient (Wildman–Crippen LogP) is 3.39. The molecule has 6 heteroatoms. The summed E-state index contributed by atoms with van der Waals surface area (Å²) in [5, 5.41) is 0.677. The number of carbonyl (C=O) groups excluding carboxylic acids is 1. The van der Waals surface area contributed by atoms with Gasteiger partial charge in [-0.25, -0.2) is 9.59 Å². The Morgan fingerprint density at radius 2 is 1.85 bits per heavy atom. The minimum atomic E-state index is -0.703. The van der Waals surface area contributed by atoms with Crippen molar-refractivity contribution in [2.75, 3.05) is 18.0 Å². The molecular formula is C20H20N2O4. The van der Waals surface area contributed by atoms with Crippen molar-refractivity contribution in [1.29, 1.82) is 0 Å². The van der Waals surface area contributed by atoms with Crippen molar-refractivity contribution < 1.29 is 13.9 Å². The number of esters is 1. The first-order valence-corrected chi connectivity index (χ1v) is 8.51. The molecule has 3 aromatic rings. The van der Waals surface area contributed by atoms with E-state index in [-0.39, 0.29) is 12.2 Å². The van der Waals surface area contributed by atoms with E-state index in [0.29, 0.717) is 11.0 Å². The molecule has 1 aromatic carbocycles. The number of ether oxygens (including phenoxy) is 1. The van der Waals surface area contributed by atoms with Crippen molar-refractivity contribution >= 4 is 22.6 Å². The van der Waals surface area contributed by atoms with Crippen LogP contribution in [0, 0.1) is 0 Å². The summed E-state index contributed by atoms with van der Waals surface area (Å²) >= 11 is 0. The van der Waals surface area contributed by atoms with Gasteiger partial charge in [-0.3, -0.25) is 4.98 Å². The Morgan fingerprint density at radius 3 is 2.54 bits per heavy atom. The Hall–Kier alpha value is -3.15. The number of hydrogen-bond acceptors (Lipinski definition) is 6. The molecule has 2 aromatic heterocycles. The summed E-state index contributed by atoms with van der Waals surface area (Å²) in [4.78, 5) is 30.5. The number of fused-ring (bicyclic) bond motifs is 1. The van der Waals surface area contributed by atoms with Gasteiger partial charge in [-0.15, -0.1) is 0 Å². The van der Waals surface area contributed by atoms with Crippen molar-refractivity contribution in [3.63, 3.8) is 0 Å². The molecular weight excluding hydrogens is 332 g/mol. The van der Waals surface area contributed by atoms with Crippen LogP contribution in [0.25, 0.3) is 11.0 Å². The third kappa shape index (κ3) is 3.74. The Labute approximate surface area is 151 Å². The third-order valence-electron chi connectivity index (χ3n) is 4.19. The number of nitrogens with zero attached hydrogens (tertiary/aromatic N) is 2. The van der Waals surface area contributed by atoms with Crippen LogP contribution in [-0.4, -0.2) is 24.0 Å². The molecule has 0 saturated carbocycles. The largest absolute Gasteiger partial charge is 0.457 e. The van der Waals surface area contributed by atoms with Crippen molar-refractivity contribution in [3.8, 4) is 0 Å². The van der Waals surface area contributed by atoms with Crippen LogP contribution in [0.1, 0.15) is 29.8 Å². The van der Waals surface area contributed by atoms with Gasteiger partial charge in [-0.1, -0.05) is 0 Å². The Bertz CT molecular complexity index is 962. The number of carbonyl (C=O) groups is 1. The van der Waals surface area contributed by atoms with Gasteiger partial charge in [0.1, 0.15) is 17.8 Å². The number of anilines is 1. The molecule has 0 atom stereocenters. The molecule has 3 rings (SSSR count). The maximum absolute atomic E-state index is 12.2. The molecule has 0 radical (unpaired) electrons. The second-order valence-corrected chi connectivity index (χ2v) is 5.77. The molecule has 134 valence electrons. The van der Waals surface area contributed by atoms with Crippen LogP contribution in [0.5, 0.6) is 0 Å². The maximum Gasteiger partial charge on any atom is 0.351 e. The van der Waals surface area contributed by atoms with Gasteiger partial charge in [0.2, 0.25) is 0 Å². The summed E-state index contributed by atoms with van der Waals surface area (Å²) in [7, 11) is 0. The SMILES string of the molecule is CCN(CC)c1ccc2cc(C(=O)OCc3ccncc3)c(=O)oc2c1. The normalized spacial score (nSPS) is 10.7. The van der Waals surface area contributed by atoms with Gasteiger partial charge < -0.3 is 14.1 Å². The number of rotatable bonds is 6. The summed E-state index contributed by atoms with van der Waals surface area (Å²) in [5.74, 6) is -0.703. The fourth-order valence-electron chi connectivity index (χ4n) is 2.73. The molecule has 0 N–H and O–H groups in total. The fraction of sp³-hybridized carbons (Fsp3) is 0.250. The first kappa shape index (κ1) is 17.7. The molecule has 0 aliphatic heterocycles. The molecule has 0 aliphatic rings. The number of hydrogen-bond donors (Lipinski definition) is 0. The van der Waals surface area contributed by atoms with Gasteiger partial charge in [0, 0.05) is 42.6 Å². The summed E-state index contributed by atoms with van der Waals surface area (Å²) in [5.41, 5.74) is 1.40. The molecule has 0 bridgehead atoms. The van der Waals surface area contributed by atoms with E-state index < -0.39 is 11.6 Å². The quantitative estimate of drug-likeness (QED) is 0.500. The highest BCUT2D eigenvalue weighted by molar-refractivity contribution is 5.93. The van der Waals surface area contributed by atoms with Gasteiger partial charge in [-0.05, 0) is 49.7 Å². The maximum atomic E-state index is 12.2. The monoisotopic (exact) mass is 352 g/mol. The summed E-state index contributed by atoms with van der Waals surface area (Å²) in [6.45, 7) is 5.90. The first-order valence-electron chi connectivity index (χ1n) is 8.51. The molecule has 0 saturated heterocycles. The van der Waals surface area contributed by atoms with E-state index >= 15 is 0 Å². The van der Waals surface area contributed by atoms with E-state index in [9.17, 15) is 9.59 Å². The van der Waals surface area contributed by atoms with E-state index in [1.165, 1.54) is 6.07 Å². The minimum Gasteiger partial charge on any atom is -0.457 e. The van der Waals surface area contributed by atoms with E-state index in [1.54, 1.807) is 24.5 Å². The van der Waals surface area contributed by atoms with Crippen molar-refractivity contribution in [2.45, 2.75) is 20.5 Å². The lowest BCUT2D eigenvalue weighted by molar-refractivity contribution is 0.0468. The van der Waals surface area contributed by atoms with Gasteiger partial charge in [0.25, 0.3) is 0 Å². The van der Waals surface area contributed by atoms with Crippen LogP contribution >= 0.6 is 0 Å². The Kier molecular flexibility index (Phi) is 5.31. The zero-order valence-electron chi connectivity index (χ0n) is 14.8. The van der Waals surface area contributed by atoms with Crippen LogP contribution in [0.3, 0.4) is 0 Å². The lowest BCUT2D eigenvalue weighted by Crippen LogP contribution is -2.21. The third-order valence-corrected chi connectivity index (χ3v) is 4.19. The highest BCUT2D eigenvalue weighted by atomic mass is 16.5. The number of benzene rings is 1. The fourth-order valence-corrected chi connectivity index (χ4v) is 2.73. The topological polar surface area (TPSA) is 72.6 Å². The summed E-state index contributed by atoms with van der Waals surface area (Å²) in [6.07, 6.45) is 3.22. The molecule has 0 aliphatic carbocycles. The zero-order chi connectivity index (χ0) is 18.5. The van der Waals surface area contributed by atoms with E-state index in [2.05, 4.69) is 23.7 Å². The second kappa shape index (κ2) is 7.82. The average Bonchev–Trinajstić information content (AvgIpc) is 2.67. The first-order chi connectivity index (χ1) is 12.6. The molecule has 0 fully saturated rings. The van der Waals surface area contributed by atoms with E-state index in [4.69, 9.17) is 9.15 Å². The van der Waals surface area contributed by atoms with Gasteiger partial charge in [0.15, 0.2) is 0 Å². The zero-order valence-corrected chi connectivity index (χ0v) is 14.8. The lowest BCUT2D eigenvalue weighted by atomic mass is 10.1. The lowest BCUT2D eigenvalue weighted by Gasteiger charge is -2.20. The van der Waals surface area contributed by atoms with Gasteiger partial charge >= 0.3 is 11.6 Å². The van der Waals surface area contributed by atoms with E-state index in [0.717, 1.165) is 24.3 Å². The highest BCUT2D eigenvalue weighted by Gasteiger charge is 2.16. The van der Waals surface area contributed by atoms with Crippen LogP contribution < -0.4 is 10.5 Å². The standard InChI is InChI=1S/C20H20N2O4/c1-3-22(4-2)16-6-5-15-11-17(20(24)26-18(15)12-16)19(23)25-13-14-7-9-21-10-8-14/h5-12H,3-4,13H2,1-2H3. The van der Waals surface area contributed by atoms with Crippen LogP contribution in [0.15, 0.2) is 58.0 Å². The minimum absolute atomic E-state index is 0.0692. The average molecular weight is 352 g/mol. The van der Waals surface area contributed by atoms with Crippen molar-refractivity contribution in [2.24, 2.45) is 0 Å². The van der Waals surface area contributed by atoms with Crippen LogP contribution in [0.2, 0.25) is 0 Å². The second-order valence-electron chi connectivity index (χ2n) is 5.77. The molecule has 0 spiro atoms. The van der Waals surface area contributed by atoms with Crippen LogP contribution in [0.4, 0.5) is 5.69 Å². The molecule has 6 nitrogen and oxygen atoms in total. The van der Waals surface area contributed by atoms with Crippen molar-refractivity contribution in [1.82, 2.24) is 4.98 Å². The van der Waals surface area contributed by atoms with Crippen LogP contribution in [-0.2, 0) is 11.3 Å². The molecule has 0 unspecified atom stereocenters. The molecule has 0 amide bonds. The molecule has 26 heavy (non-hydrogen) atoms. The number of pyridine rings is 1. The van der Waals surface area contributed by atoms with E-state index in [1.807, 2.05) is 18.2 Å².